The van der Waals surface area contributed by atoms with Gasteiger partial charge in [0.15, 0.2) is 0 Å². The molecule has 0 bridgehead atoms. The summed E-state index contributed by atoms with van der Waals surface area (Å²) in [5.41, 5.74) is 3.14. The van der Waals surface area contributed by atoms with Crippen molar-refractivity contribution in [3.8, 4) is 10.4 Å². The minimum absolute atomic E-state index is 0.0189. The van der Waals surface area contributed by atoms with Gasteiger partial charge >= 0.3 is 0 Å². The lowest BCUT2D eigenvalue weighted by molar-refractivity contribution is -0.118. The van der Waals surface area contributed by atoms with E-state index in [4.69, 9.17) is 4.74 Å². The molecule has 5 rings (SSSR count). The van der Waals surface area contributed by atoms with E-state index in [1.807, 2.05) is 24.0 Å². The number of amides is 2. The van der Waals surface area contributed by atoms with Gasteiger partial charge in [0, 0.05) is 30.6 Å². The fourth-order valence-electron chi connectivity index (χ4n) is 4.62. The lowest BCUT2D eigenvalue weighted by Gasteiger charge is -2.30. The zero-order chi connectivity index (χ0) is 26.9. The predicted molar refractivity (Wildman–Crippen MR) is 147 cm³/mol. The van der Waals surface area contributed by atoms with E-state index < -0.39 is 0 Å². The number of hydrogen-bond donors (Lipinski definition) is 2. The van der Waals surface area contributed by atoms with Gasteiger partial charge in [0.05, 0.1) is 65.8 Å². The fourth-order valence-corrected chi connectivity index (χ4v) is 5.65. The summed E-state index contributed by atoms with van der Waals surface area (Å²) in [4.78, 5) is 34.2. The van der Waals surface area contributed by atoms with Crippen LogP contribution in [0.25, 0.3) is 15.3 Å². The number of carbonyl (C=O) groups is 2. The Morgan fingerprint density at radius 3 is 2.76 bits per heavy atom. The van der Waals surface area contributed by atoms with Crippen LogP contribution in [0.1, 0.15) is 42.7 Å². The number of pyridine rings is 1. The number of nitrogens with one attached hydrogen (secondary N) is 2. The number of aromatic nitrogens is 5. The van der Waals surface area contributed by atoms with Gasteiger partial charge in [-0.15, -0.1) is 11.3 Å². The molecule has 0 spiro atoms. The van der Waals surface area contributed by atoms with Gasteiger partial charge < -0.3 is 15.4 Å². The maximum atomic E-state index is 13.2. The third kappa shape index (κ3) is 5.47. The van der Waals surface area contributed by atoms with E-state index in [1.54, 1.807) is 36.3 Å². The van der Waals surface area contributed by atoms with Crippen LogP contribution in [0.2, 0.25) is 0 Å². The monoisotopic (exact) mass is 536 g/mol. The molecule has 0 atom stereocenters. The third-order valence-corrected chi connectivity index (χ3v) is 8.07. The lowest BCUT2D eigenvalue weighted by atomic mass is 10.0. The van der Waals surface area contributed by atoms with Crippen molar-refractivity contribution in [2.75, 3.05) is 37.4 Å². The zero-order valence-electron chi connectivity index (χ0n) is 22.0. The van der Waals surface area contributed by atoms with E-state index >= 15 is 0 Å². The largest absolute Gasteiger partial charge is 0.383 e. The molecule has 2 amide bonds. The summed E-state index contributed by atoms with van der Waals surface area (Å²) < 4.78 is 8.63. The van der Waals surface area contributed by atoms with Gasteiger partial charge in [0.25, 0.3) is 5.91 Å². The standard InChI is InChI=1S/C26H32N8O3S/c1-17-21(10-19(12-27-17)30-23(35)16-32-7-5-6-26(32,2)3)31-24(36)20-13-29-34-15-22(38-25(20)34)18-11-28-33(14-18)8-9-37-4/h10-15H,5-9,16H2,1-4H3,(H,30,35)(H,31,36). The quantitative estimate of drug-likeness (QED) is 0.335. The number of ether oxygens (including phenoxy) is 1. The normalized spacial score (nSPS) is 15.3. The van der Waals surface area contributed by atoms with E-state index in [0.29, 0.717) is 42.3 Å². The van der Waals surface area contributed by atoms with Gasteiger partial charge in [-0.1, -0.05) is 0 Å². The molecule has 12 heteroatoms. The molecule has 1 aliphatic rings. The van der Waals surface area contributed by atoms with Crippen LogP contribution in [0, 0.1) is 6.92 Å². The molecule has 0 saturated carbocycles. The Hall–Kier alpha value is -3.61. The van der Waals surface area contributed by atoms with Crippen molar-refractivity contribution >= 4 is 39.4 Å². The van der Waals surface area contributed by atoms with Crippen molar-refractivity contribution in [3.05, 3.63) is 48.3 Å². The van der Waals surface area contributed by atoms with Crippen molar-refractivity contribution in [2.24, 2.45) is 0 Å². The Balaban J connectivity index is 1.28. The highest BCUT2D eigenvalue weighted by Gasteiger charge is 2.32. The van der Waals surface area contributed by atoms with Gasteiger partial charge in [-0.05, 0) is 46.2 Å². The Morgan fingerprint density at radius 2 is 2.00 bits per heavy atom. The van der Waals surface area contributed by atoms with E-state index in [0.717, 1.165) is 34.7 Å². The summed E-state index contributed by atoms with van der Waals surface area (Å²) in [5.74, 6) is -0.394. The highest BCUT2D eigenvalue weighted by Crippen LogP contribution is 2.31. The van der Waals surface area contributed by atoms with Crippen LogP contribution in [0.5, 0.6) is 0 Å². The van der Waals surface area contributed by atoms with Crippen LogP contribution in [0.4, 0.5) is 11.4 Å². The summed E-state index contributed by atoms with van der Waals surface area (Å²) in [6.07, 6.45) is 11.0. The first-order valence-electron chi connectivity index (χ1n) is 12.6. The fraction of sp³-hybridized carbons (Fsp3) is 0.423. The molecule has 1 fully saturated rings. The van der Waals surface area contributed by atoms with Gasteiger partial charge in [0.1, 0.15) is 4.83 Å². The van der Waals surface area contributed by atoms with E-state index in [1.165, 1.54) is 11.3 Å². The molecule has 0 unspecified atom stereocenters. The van der Waals surface area contributed by atoms with Gasteiger partial charge in [0.2, 0.25) is 5.91 Å². The Bertz CT molecular complexity index is 1470. The molecule has 2 N–H and O–H groups in total. The van der Waals surface area contributed by atoms with Crippen molar-refractivity contribution in [1.82, 2.24) is 29.3 Å². The van der Waals surface area contributed by atoms with E-state index in [-0.39, 0.29) is 17.4 Å². The molecular formula is C26H32N8O3S. The average Bonchev–Trinajstić information content (AvgIpc) is 3.64. The molecule has 0 aromatic carbocycles. The number of methoxy groups -OCH3 is 1. The van der Waals surface area contributed by atoms with Crippen LogP contribution in [-0.4, -0.2) is 73.4 Å². The minimum Gasteiger partial charge on any atom is -0.383 e. The molecule has 200 valence electrons. The van der Waals surface area contributed by atoms with Crippen LogP contribution in [0.3, 0.4) is 0 Å². The van der Waals surface area contributed by atoms with Gasteiger partial charge in [-0.2, -0.15) is 10.2 Å². The summed E-state index contributed by atoms with van der Waals surface area (Å²) in [7, 11) is 1.66. The maximum Gasteiger partial charge on any atom is 0.260 e. The van der Waals surface area contributed by atoms with Crippen LogP contribution in [0.15, 0.2) is 37.1 Å². The highest BCUT2D eigenvalue weighted by molar-refractivity contribution is 7.21. The van der Waals surface area contributed by atoms with Crippen LogP contribution >= 0.6 is 11.3 Å². The van der Waals surface area contributed by atoms with Crippen molar-refractivity contribution in [1.29, 1.82) is 0 Å². The van der Waals surface area contributed by atoms with Crippen molar-refractivity contribution in [2.45, 2.75) is 45.7 Å². The molecule has 11 nitrogen and oxygen atoms in total. The summed E-state index contributed by atoms with van der Waals surface area (Å²) in [6, 6.07) is 1.74. The SMILES string of the molecule is COCCn1cc(-c2cn3ncc(C(=O)Nc4cc(NC(=O)CN5CCCC5(C)C)cnc4C)c3s2)cn1. The predicted octanol–water partition coefficient (Wildman–Crippen LogP) is 3.67. The first kappa shape index (κ1) is 26.0. The lowest BCUT2D eigenvalue weighted by Crippen LogP contribution is -2.42. The van der Waals surface area contributed by atoms with Gasteiger partial charge in [-0.3, -0.25) is 24.2 Å². The van der Waals surface area contributed by atoms with E-state index in [2.05, 4.69) is 44.6 Å². The number of aryl methyl sites for hydroxylation is 1. The number of carbonyl (C=O) groups excluding carboxylic acids is 2. The zero-order valence-corrected chi connectivity index (χ0v) is 22.8. The highest BCUT2D eigenvalue weighted by atomic mass is 32.1. The Kier molecular flexibility index (Phi) is 7.28. The molecule has 0 aliphatic carbocycles. The molecular weight excluding hydrogens is 504 g/mol. The summed E-state index contributed by atoms with van der Waals surface area (Å²) in [5, 5.41) is 14.6. The number of anilines is 2. The Labute approximate surface area is 224 Å². The maximum absolute atomic E-state index is 13.2. The number of nitrogens with zero attached hydrogens (tertiary/aromatic N) is 6. The number of thiazole rings is 1. The average molecular weight is 537 g/mol. The molecule has 0 radical (unpaired) electrons. The van der Waals surface area contributed by atoms with Crippen LogP contribution in [-0.2, 0) is 16.1 Å². The van der Waals surface area contributed by atoms with Gasteiger partial charge in [-0.25, -0.2) is 4.52 Å². The second-order valence-electron chi connectivity index (χ2n) is 10.1. The van der Waals surface area contributed by atoms with Crippen molar-refractivity contribution in [3.63, 3.8) is 0 Å². The number of hydrogen-bond acceptors (Lipinski definition) is 8. The second kappa shape index (κ2) is 10.6. The third-order valence-electron chi connectivity index (χ3n) is 6.91. The summed E-state index contributed by atoms with van der Waals surface area (Å²) in [6.45, 7) is 8.61. The molecule has 4 aromatic heterocycles. The Morgan fingerprint density at radius 1 is 1.16 bits per heavy atom. The molecule has 1 saturated heterocycles. The van der Waals surface area contributed by atoms with Crippen molar-refractivity contribution < 1.29 is 14.3 Å². The first-order chi connectivity index (χ1) is 18.2. The number of likely N-dealkylation sites (tertiary alicyclic amines) is 1. The second-order valence-corrected chi connectivity index (χ2v) is 11.1. The molecule has 1 aliphatic heterocycles. The topological polar surface area (TPSA) is 119 Å². The van der Waals surface area contributed by atoms with E-state index in [9.17, 15) is 9.59 Å². The molecule has 4 aromatic rings. The minimum atomic E-state index is -0.295. The number of rotatable bonds is 9. The van der Waals surface area contributed by atoms with Crippen LogP contribution < -0.4 is 10.6 Å². The molecule has 5 heterocycles. The summed E-state index contributed by atoms with van der Waals surface area (Å²) >= 11 is 1.47. The first-order valence-corrected chi connectivity index (χ1v) is 13.4. The number of fused-ring (bicyclic) bond motifs is 1. The smallest absolute Gasteiger partial charge is 0.260 e. The molecule has 38 heavy (non-hydrogen) atoms.